The normalized spacial score (nSPS) is 8.73. The summed E-state index contributed by atoms with van der Waals surface area (Å²) < 4.78 is 2.89. The number of hydrogen-bond acceptors (Lipinski definition) is 1. The van der Waals surface area contributed by atoms with Crippen LogP contribution >= 0.6 is 0 Å². The minimum atomic E-state index is 0. The van der Waals surface area contributed by atoms with Crippen LogP contribution in [0.25, 0.3) is 0 Å². The van der Waals surface area contributed by atoms with Gasteiger partial charge >= 0.3 is 119 Å². The third-order valence-electron chi connectivity index (χ3n) is 2.06. The Labute approximate surface area is 131 Å². The predicted molar refractivity (Wildman–Crippen MR) is 78.2 cm³/mol. The molecule has 0 nitrogen and oxygen atoms in total. The molecule has 0 aliphatic rings. The molecule has 15 heavy (non-hydrogen) atoms. The first-order valence-corrected chi connectivity index (χ1v) is 10.2. The van der Waals surface area contributed by atoms with E-state index < -0.39 is 0 Å². The molecule has 0 aromatic carbocycles. The molecule has 3 heteroatoms. The largest absolute Gasteiger partial charge is 0.813 e. The van der Waals surface area contributed by atoms with Crippen LogP contribution in [-0.2, 0) is 13.5 Å². The Morgan fingerprint density at radius 3 is 1.60 bits per heavy atom. The maximum Gasteiger partial charge on any atom is -0.813 e. The van der Waals surface area contributed by atoms with Gasteiger partial charge < -0.3 is 13.5 Å². The SMILES string of the molecule is CCCCCCC[CH2][Sn+].CCC[CH2][Sn].[SH-]. The summed E-state index contributed by atoms with van der Waals surface area (Å²) in [6.45, 7) is 4.49. The van der Waals surface area contributed by atoms with Crippen molar-refractivity contribution in [3.63, 3.8) is 0 Å². The van der Waals surface area contributed by atoms with Gasteiger partial charge in [0.05, 0.1) is 0 Å². The fourth-order valence-electron chi connectivity index (χ4n) is 1.08. The summed E-state index contributed by atoms with van der Waals surface area (Å²) in [5.74, 6) is 0. The molecule has 0 rings (SSSR count). The van der Waals surface area contributed by atoms with Gasteiger partial charge in [0.2, 0.25) is 0 Å². The third-order valence-corrected chi connectivity index (χ3v) is 4.08. The van der Waals surface area contributed by atoms with Crippen molar-refractivity contribution in [1.82, 2.24) is 0 Å². The van der Waals surface area contributed by atoms with Crippen LogP contribution in [0.5, 0.6) is 0 Å². The molecule has 89 valence electrons. The maximum atomic E-state index is 2.27. The molecule has 0 saturated heterocycles. The van der Waals surface area contributed by atoms with Crippen LogP contribution in [0.4, 0.5) is 0 Å². The van der Waals surface area contributed by atoms with E-state index in [1.807, 2.05) is 0 Å². The number of hydrogen-bond donors (Lipinski definition) is 0. The Morgan fingerprint density at radius 2 is 1.27 bits per heavy atom. The van der Waals surface area contributed by atoms with Crippen molar-refractivity contribution in [3.05, 3.63) is 0 Å². The molecule has 0 aliphatic heterocycles. The first kappa shape index (κ1) is 22.2. The van der Waals surface area contributed by atoms with Gasteiger partial charge in [-0.3, -0.25) is 0 Å². The van der Waals surface area contributed by atoms with Crippen molar-refractivity contribution in [2.24, 2.45) is 0 Å². The molecule has 0 aromatic heterocycles. The Morgan fingerprint density at radius 1 is 0.800 bits per heavy atom. The average molecular weight is 441 g/mol. The smallest absolute Gasteiger partial charge is 0.813 e. The van der Waals surface area contributed by atoms with E-state index in [0.717, 1.165) is 0 Å². The van der Waals surface area contributed by atoms with E-state index >= 15 is 0 Å². The van der Waals surface area contributed by atoms with Crippen LogP contribution in [0.15, 0.2) is 0 Å². The van der Waals surface area contributed by atoms with Gasteiger partial charge in [-0.15, -0.1) is 0 Å². The van der Waals surface area contributed by atoms with E-state index in [-0.39, 0.29) is 13.5 Å². The molecule has 0 atom stereocenters. The summed E-state index contributed by atoms with van der Waals surface area (Å²) >= 11 is 3.39. The van der Waals surface area contributed by atoms with E-state index in [0.29, 0.717) is 0 Å². The fraction of sp³-hybridized carbons (Fsp3) is 1.00. The van der Waals surface area contributed by atoms with Gasteiger partial charge in [0, 0.05) is 0 Å². The van der Waals surface area contributed by atoms with E-state index in [9.17, 15) is 0 Å². The summed E-state index contributed by atoms with van der Waals surface area (Å²) in [6.07, 6.45) is 11.5. The van der Waals surface area contributed by atoms with Crippen LogP contribution in [0.1, 0.15) is 65.2 Å². The van der Waals surface area contributed by atoms with Gasteiger partial charge in [0.25, 0.3) is 0 Å². The van der Waals surface area contributed by atoms with Gasteiger partial charge in [-0.05, 0) is 0 Å². The number of thiol groups is 1. The first-order valence-electron chi connectivity index (χ1n) is 6.12. The van der Waals surface area contributed by atoms with E-state index in [4.69, 9.17) is 0 Å². The molecule has 0 N–H and O–H groups in total. The Hall–Kier alpha value is 1.95. The van der Waals surface area contributed by atoms with Crippen molar-refractivity contribution in [2.75, 3.05) is 0 Å². The van der Waals surface area contributed by atoms with Crippen LogP contribution in [0.3, 0.4) is 0 Å². The van der Waals surface area contributed by atoms with Crippen LogP contribution < -0.4 is 0 Å². The fourth-order valence-corrected chi connectivity index (χ4v) is 2.80. The molecular formula is C12H27SSn2. The summed E-state index contributed by atoms with van der Waals surface area (Å²) in [5.41, 5.74) is 0. The zero-order valence-corrected chi connectivity index (χ0v) is 17.1. The van der Waals surface area contributed by atoms with E-state index in [1.165, 1.54) is 60.2 Å². The standard InChI is InChI=1S/C8H17.C4H9.H2S.2Sn/c1-3-5-7-8-6-4-2;1-3-4-2;;;/h1,3-8H2,2H3;1,3-4H2,2H3;1H2;;/q;;;;+1/p-1. The molecule has 5 radical (unpaired) electrons. The molecule has 0 saturated carbocycles. The third kappa shape index (κ3) is 31.4. The van der Waals surface area contributed by atoms with Crippen molar-refractivity contribution < 1.29 is 0 Å². The van der Waals surface area contributed by atoms with Crippen LogP contribution in [-0.4, -0.2) is 45.0 Å². The molecule has 0 fully saturated rings. The molecular weight excluding hydrogens is 414 g/mol. The van der Waals surface area contributed by atoms with Crippen molar-refractivity contribution in [2.45, 2.75) is 74.1 Å². The average Bonchev–Trinajstić information content (AvgIpc) is 2.20. The molecule has 0 spiro atoms. The van der Waals surface area contributed by atoms with Crippen LogP contribution in [0, 0.1) is 0 Å². The summed E-state index contributed by atoms with van der Waals surface area (Å²) in [4.78, 5) is 0. The van der Waals surface area contributed by atoms with Gasteiger partial charge in [-0.1, -0.05) is 0 Å². The zero-order valence-electron chi connectivity index (χ0n) is 10.5. The summed E-state index contributed by atoms with van der Waals surface area (Å²) in [7, 11) is 0. The summed E-state index contributed by atoms with van der Waals surface area (Å²) in [5, 5.41) is 0. The van der Waals surface area contributed by atoms with Gasteiger partial charge in [-0.25, -0.2) is 0 Å². The minimum absolute atomic E-state index is 0. The maximum absolute atomic E-state index is 2.27. The predicted octanol–water partition coefficient (Wildman–Crippen LogP) is 4.04. The van der Waals surface area contributed by atoms with Crippen molar-refractivity contribution >= 4 is 58.5 Å². The molecule has 0 aromatic rings. The minimum Gasteiger partial charge on any atom is -0.813 e. The Balaban J connectivity index is -0.000000208. The van der Waals surface area contributed by atoms with E-state index in [1.54, 1.807) is 45.0 Å². The molecule has 0 unspecified atom stereocenters. The Kier molecular flexibility index (Phi) is 36.9. The van der Waals surface area contributed by atoms with Crippen molar-refractivity contribution in [3.8, 4) is 0 Å². The molecule has 0 amide bonds. The van der Waals surface area contributed by atoms with Gasteiger partial charge in [0.15, 0.2) is 0 Å². The topological polar surface area (TPSA) is 0 Å². The van der Waals surface area contributed by atoms with Crippen LogP contribution in [0.2, 0.25) is 8.87 Å². The van der Waals surface area contributed by atoms with Gasteiger partial charge in [0.1, 0.15) is 0 Å². The monoisotopic (exact) mass is 443 g/mol. The molecule has 0 bridgehead atoms. The van der Waals surface area contributed by atoms with Gasteiger partial charge in [-0.2, -0.15) is 0 Å². The second-order valence-corrected chi connectivity index (χ2v) is 6.48. The summed E-state index contributed by atoms with van der Waals surface area (Å²) in [6, 6.07) is 0. The quantitative estimate of drug-likeness (QED) is 0.238. The van der Waals surface area contributed by atoms with E-state index in [2.05, 4.69) is 13.8 Å². The first-order chi connectivity index (χ1) is 6.83. The second kappa shape index (κ2) is 25.0. The molecule has 0 aliphatic carbocycles. The number of rotatable bonds is 8. The Bertz CT molecular complexity index is 72.0. The molecule has 0 heterocycles. The van der Waals surface area contributed by atoms with Crippen molar-refractivity contribution in [1.29, 1.82) is 0 Å². The second-order valence-electron chi connectivity index (χ2n) is 3.62. The zero-order chi connectivity index (χ0) is 11.1. The number of unbranched alkanes of at least 4 members (excludes halogenated alkanes) is 6.